The maximum atomic E-state index is 14.5. The number of piperazine rings is 1. The van der Waals surface area contributed by atoms with Crippen molar-refractivity contribution in [3.8, 4) is 11.1 Å². The number of alkyl carbamates (subject to hydrolysis) is 1. The van der Waals surface area contributed by atoms with Crippen LogP contribution in [0.15, 0.2) is 97.1 Å². The minimum atomic E-state index is -1.15. The Labute approximate surface area is 373 Å². The van der Waals surface area contributed by atoms with Crippen LogP contribution in [0, 0.1) is 0 Å². The summed E-state index contributed by atoms with van der Waals surface area (Å²) in [4.78, 5) is 72.4. The molecule has 1 atom stereocenters. The molecule has 64 heavy (non-hydrogen) atoms. The average Bonchev–Trinajstić information content (AvgIpc) is 3.79. The third-order valence-electron chi connectivity index (χ3n) is 11.0. The van der Waals surface area contributed by atoms with Gasteiger partial charge in [0.25, 0.3) is 0 Å². The number of aromatic nitrogens is 1. The molecular weight excluding hydrogens is 815 g/mol. The smallest absolute Gasteiger partial charge is 0.419 e. The highest BCUT2D eigenvalue weighted by atomic mass is 16.6. The molecule has 1 fully saturated rings. The first-order valence-corrected chi connectivity index (χ1v) is 21.7. The lowest BCUT2D eigenvalue weighted by Crippen LogP contribution is -2.51. The Hall–Kier alpha value is -6.51. The molecule has 1 aliphatic carbocycles. The van der Waals surface area contributed by atoms with Gasteiger partial charge >= 0.3 is 18.2 Å². The normalized spacial score (nSPS) is 14.7. The summed E-state index contributed by atoms with van der Waals surface area (Å²) in [5.74, 6) is -1.55. The van der Waals surface area contributed by atoms with Gasteiger partial charge in [-0.25, -0.2) is 19.0 Å². The predicted molar refractivity (Wildman–Crippen MR) is 245 cm³/mol. The topological polar surface area (TPSA) is 158 Å². The van der Waals surface area contributed by atoms with Crippen molar-refractivity contribution in [3.63, 3.8) is 0 Å². The van der Waals surface area contributed by atoms with Crippen molar-refractivity contribution in [1.82, 2.24) is 14.8 Å². The van der Waals surface area contributed by atoms with E-state index in [4.69, 9.17) is 18.9 Å². The third kappa shape index (κ3) is 10.6. The van der Waals surface area contributed by atoms with Gasteiger partial charge in [0.15, 0.2) is 0 Å². The fourth-order valence-corrected chi connectivity index (χ4v) is 8.11. The summed E-state index contributed by atoms with van der Waals surface area (Å²) >= 11 is 0. The van der Waals surface area contributed by atoms with Gasteiger partial charge in [-0.15, -0.1) is 0 Å². The van der Waals surface area contributed by atoms with E-state index in [-0.39, 0.29) is 42.8 Å². The second kappa shape index (κ2) is 19.1. The zero-order valence-electron chi connectivity index (χ0n) is 37.6. The largest absolute Gasteiger partial charge is 0.455 e. The highest BCUT2D eigenvalue weighted by Gasteiger charge is 2.32. The lowest BCUT2D eigenvalue weighted by Gasteiger charge is -2.34. The van der Waals surface area contributed by atoms with Gasteiger partial charge in [0, 0.05) is 49.7 Å². The number of carbonyl (C=O) groups is 5. The summed E-state index contributed by atoms with van der Waals surface area (Å²) in [6.45, 7) is 15.7. The third-order valence-corrected chi connectivity index (χ3v) is 11.0. The molecule has 1 saturated heterocycles. The van der Waals surface area contributed by atoms with E-state index in [0.29, 0.717) is 49.3 Å². The Bertz CT molecular complexity index is 2490. The number of carbonyl (C=O) groups excluding carboxylic acids is 5. The first-order valence-electron chi connectivity index (χ1n) is 21.7. The number of amides is 3. The number of benzene rings is 4. The molecule has 0 bridgehead atoms. The molecule has 2 heterocycles. The Morgan fingerprint density at radius 3 is 2.08 bits per heavy atom. The Balaban J connectivity index is 1.14. The SMILES string of the molecule is CCOCCN1CCN(c2ccc(C[C@H](NC(=O)OCC3c4ccccc4-c4ccccc43)C(=O)Nc3cccc4c3cc(C(=O)OC(C)(C)C)n4C(=O)OC(C)(C)C)cc2)C(=O)C1. The number of esters is 1. The van der Waals surface area contributed by atoms with Crippen LogP contribution in [0.5, 0.6) is 0 Å². The molecule has 0 spiro atoms. The molecule has 4 aromatic carbocycles. The number of nitrogens with zero attached hydrogens (tertiary/aromatic N) is 3. The highest BCUT2D eigenvalue weighted by Crippen LogP contribution is 2.44. The molecule has 14 nitrogen and oxygen atoms in total. The Morgan fingerprint density at radius 1 is 0.797 bits per heavy atom. The molecule has 2 aliphatic rings. The van der Waals surface area contributed by atoms with E-state index in [9.17, 15) is 24.0 Å². The molecule has 1 aromatic heterocycles. The first kappa shape index (κ1) is 45.5. The molecule has 1 aliphatic heterocycles. The van der Waals surface area contributed by atoms with Gasteiger partial charge in [0.2, 0.25) is 11.8 Å². The number of anilines is 2. The molecule has 0 radical (unpaired) electrons. The van der Waals surface area contributed by atoms with Gasteiger partial charge < -0.3 is 34.5 Å². The zero-order chi connectivity index (χ0) is 45.8. The van der Waals surface area contributed by atoms with Crippen molar-refractivity contribution in [2.24, 2.45) is 0 Å². The minimum Gasteiger partial charge on any atom is -0.455 e. The quantitative estimate of drug-likeness (QED) is 0.0672. The maximum Gasteiger partial charge on any atom is 0.419 e. The van der Waals surface area contributed by atoms with Crippen molar-refractivity contribution in [3.05, 3.63) is 119 Å². The number of nitrogens with one attached hydrogen (secondary N) is 2. The summed E-state index contributed by atoms with van der Waals surface area (Å²) in [5.41, 5.74) is 4.46. The first-order chi connectivity index (χ1) is 30.5. The van der Waals surface area contributed by atoms with Gasteiger partial charge in [-0.05, 0) is 107 Å². The molecule has 7 rings (SSSR count). The molecule has 3 amide bonds. The molecule has 0 unspecified atom stereocenters. The van der Waals surface area contributed by atoms with E-state index in [2.05, 4.69) is 27.7 Å². The predicted octanol–water partition coefficient (Wildman–Crippen LogP) is 8.15. The maximum absolute atomic E-state index is 14.5. The van der Waals surface area contributed by atoms with Crippen LogP contribution >= 0.6 is 0 Å². The van der Waals surface area contributed by atoms with Gasteiger partial charge in [-0.3, -0.25) is 14.5 Å². The van der Waals surface area contributed by atoms with Gasteiger partial charge in [-0.2, -0.15) is 0 Å². The molecule has 14 heteroatoms. The summed E-state index contributed by atoms with van der Waals surface area (Å²) in [6, 6.07) is 28.7. The van der Waals surface area contributed by atoms with Crippen molar-refractivity contribution >= 4 is 52.2 Å². The number of fused-ring (bicyclic) bond motifs is 4. The Morgan fingerprint density at radius 2 is 1.45 bits per heavy atom. The second-order valence-electron chi connectivity index (χ2n) is 18.0. The Kier molecular flexibility index (Phi) is 13.6. The fourth-order valence-electron chi connectivity index (χ4n) is 8.11. The van der Waals surface area contributed by atoms with Gasteiger partial charge in [-0.1, -0.05) is 66.7 Å². The van der Waals surface area contributed by atoms with Crippen LogP contribution in [0.1, 0.15) is 81.6 Å². The van der Waals surface area contributed by atoms with Crippen LogP contribution in [-0.4, -0.2) is 103 Å². The summed E-state index contributed by atoms with van der Waals surface area (Å²) in [6.07, 6.45) is -1.52. The summed E-state index contributed by atoms with van der Waals surface area (Å²) in [7, 11) is 0. The molecule has 336 valence electrons. The van der Waals surface area contributed by atoms with Crippen molar-refractivity contribution < 1.29 is 42.9 Å². The van der Waals surface area contributed by atoms with E-state index in [1.807, 2.05) is 67.6 Å². The standard InChI is InChI=1S/C50H57N5O9/c1-8-61-27-26-53-24-25-54(44(56)30-53)33-22-20-32(21-23-33)28-41(52-47(59)62-31-39-36-16-11-9-14-34(36)35-15-10-12-17-37(35)39)45(57)51-40-18-13-19-42-38(40)29-43(46(58)63-49(2,3)4)55(42)48(60)64-50(5,6)7/h9-23,29,39,41H,8,24-28,30-31H2,1-7H3,(H,51,57)(H,52,59)/t41-/m0/s1. The lowest BCUT2D eigenvalue weighted by atomic mass is 9.98. The minimum absolute atomic E-state index is 0.0193. The van der Waals surface area contributed by atoms with E-state index in [1.54, 1.807) is 64.6 Å². The monoisotopic (exact) mass is 871 g/mol. The molecule has 5 aromatic rings. The van der Waals surface area contributed by atoms with Crippen LogP contribution in [0.2, 0.25) is 0 Å². The van der Waals surface area contributed by atoms with Gasteiger partial charge in [0.1, 0.15) is 29.5 Å². The van der Waals surface area contributed by atoms with Crippen molar-refractivity contribution in [1.29, 1.82) is 0 Å². The van der Waals surface area contributed by atoms with E-state index < -0.39 is 41.3 Å². The van der Waals surface area contributed by atoms with E-state index in [0.717, 1.165) is 32.5 Å². The van der Waals surface area contributed by atoms with Crippen molar-refractivity contribution in [2.45, 2.75) is 78.0 Å². The second-order valence-corrected chi connectivity index (χ2v) is 18.0. The molecular formula is C50H57N5O9. The van der Waals surface area contributed by atoms with Crippen LogP contribution in [0.4, 0.5) is 21.0 Å². The lowest BCUT2D eigenvalue weighted by molar-refractivity contribution is -0.121. The van der Waals surface area contributed by atoms with Crippen LogP contribution in [-0.2, 0) is 35.0 Å². The number of rotatable bonds is 13. The fraction of sp³-hybridized carbons (Fsp3) is 0.380. The molecule has 2 N–H and O–H groups in total. The number of hydrogen-bond acceptors (Lipinski definition) is 10. The zero-order valence-corrected chi connectivity index (χ0v) is 37.6. The van der Waals surface area contributed by atoms with Crippen molar-refractivity contribution in [2.75, 3.05) is 56.2 Å². The summed E-state index contributed by atoms with van der Waals surface area (Å²) in [5, 5.41) is 6.13. The van der Waals surface area contributed by atoms with Crippen LogP contribution < -0.4 is 15.5 Å². The van der Waals surface area contributed by atoms with E-state index in [1.165, 1.54) is 6.07 Å². The van der Waals surface area contributed by atoms with E-state index >= 15 is 0 Å². The van der Waals surface area contributed by atoms with Crippen LogP contribution in [0.25, 0.3) is 22.0 Å². The molecule has 0 saturated carbocycles. The summed E-state index contributed by atoms with van der Waals surface area (Å²) < 4.78 is 23.9. The van der Waals surface area contributed by atoms with Gasteiger partial charge in [0.05, 0.1) is 24.4 Å². The number of ether oxygens (including phenoxy) is 4. The number of hydrogen-bond donors (Lipinski definition) is 2. The van der Waals surface area contributed by atoms with Crippen LogP contribution in [0.3, 0.4) is 0 Å². The highest BCUT2D eigenvalue weighted by molar-refractivity contribution is 6.09. The average molecular weight is 872 g/mol.